The van der Waals surface area contributed by atoms with Gasteiger partial charge < -0.3 is 9.57 Å². The highest BCUT2D eigenvalue weighted by Gasteiger charge is 2.06. The van der Waals surface area contributed by atoms with Crippen LogP contribution in [0.15, 0.2) is 18.2 Å². The van der Waals surface area contributed by atoms with Gasteiger partial charge in [0.15, 0.2) is 5.82 Å². The van der Waals surface area contributed by atoms with Gasteiger partial charge in [0.1, 0.15) is 11.5 Å². The Morgan fingerprint density at radius 3 is 2.71 bits per heavy atom. The van der Waals surface area contributed by atoms with Crippen molar-refractivity contribution in [3.05, 3.63) is 29.8 Å². The van der Waals surface area contributed by atoms with E-state index in [9.17, 15) is 13.6 Å². The molecule has 0 atom stereocenters. The normalized spacial score (nSPS) is 9.36. The van der Waals surface area contributed by atoms with Crippen molar-refractivity contribution >= 4 is 11.8 Å². The van der Waals surface area contributed by atoms with Crippen molar-refractivity contribution in [3.63, 3.8) is 0 Å². The fraction of sp³-hybridized carbons (Fsp3) is 0.125. The van der Waals surface area contributed by atoms with Crippen LogP contribution in [0, 0.1) is 11.6 Å². The summed E-state index contributed by atoms with van der Waals surface area (Å²) >= 11 is 0. The van der Waals surface area contributed by atoms with Gasteiger partial charge in [-0.3, -0.25) is 0 Å². The van der Waals surface area contributed by atoms with Crippen LogP contribution in [0.3, 0.4) is 0 Å². The molecular formula is C8H7F2NO3. The van der Waals surface area contributed by atoms with Crippen LogP contribution in [0.4, 0.5) is 19.3 Å². The fourth-order valence-corrected chi connectivity index (χ4v) is 0.711. The molecule has 1 aromatic rings. The van der Waals surface area contributed by atoms with Crippen molar-refractivity contribution in [3.8, 4) is 0 Å². The second kappa shape index (κ2) is 4.40. The number of rotatable bonds is 2. The van der Waals surface area contributed by atoms with E-state index in [1.165, 1.54) is 0 Å². The standard InChI is InChI=1S/C8H7F2NO3/c1-13-8(12)14-11-7-3-2-5(9)4-6(7)10/h2-4,11H,1H3. The summed E-state index contributed by atoms with van der Waals surface area (Å²) in [4.78, 5) is 14.7. The van der Waals surface area contributed by atoms with Crippen LogP contribution in [0.2, 0.25) is 0 Å². The van der Waals surface area contributed by atoms with Crippen molar-refractivity contribution in [1.82, 2.24) is 0 Å². The zero-order valence-electron chi connectivity index (χ0n) is 7.21. The minimum atomic E-state index is -1.02. The Morgan fingerprint density at radius 1 is 1.43 bits per heavy atom. The maximum Gasteiger partial charge on any atom is 0.532 e. The molecule has 76 valence electrons. The molecule has 4 nitrogen and oxygen atoms in total. The van der Waals surface area contributed by atoms with Crippen molar-refractivity contribution in [2.24, 2.45) is 0 Å². The Kier molecular flexibility index (Phi) is 3.22. The Morgan fingerprint density at radius 2 is 2.14 bits per heavy atom. The van der Waals surface area contributed by atoms with Crippen LogP contribution < -0.4 is 5.48 Å². The lowest BCUT2D eigenvalue weighted by Gasteiger charge is -2.05. The van der Waals surface area contributed by atoms with Gasteiger partial charge in [-0.15, -0.1) is 0 Å². The van der Waals surface area contributed by atoms with E-state index in [0.29, 0.717) is 6.07 Å². The number of halogens is 2. The molecule has 0 unspecified atom stereocenters. The number of carbonyl (C=O) groups excluding carboxylic acids is 1. The molecule has 0 saturated heterocycles. The molecule has 0 bridgehead atoms. The maximum atomic E-state index is 12.9. The molecule has 1 aromatic carbocycles. The minimum absolute atomic E-state index is 0.156. The average Bonchev–Trinajstić information content (AvgIpc) is 2.16. The summed E-state index contributed by atoms with van der Waals surface area (Å²) in [6.45, 7) is 0. The van der Waals surface area contributed by atoms with Crippen LogP contribution in [0.1, 0.15) is 0 Å². The van der Waals surface area contributed by atoms with Crippen molar-refractivity contribution in [2.75, 3.05) is 12.6 Å². The summed E-state index contributed by atoms with van der Waals surface area (Å²) in [5, 5.41) is 0. The lowest BCUT2D eigenvalue weighted by molar-refractivity contribution is 0.0911. The largest absolute Gasteiger partial charge is 0.532 e. The first kappa shape index (κ1) is 10.2. The van der Waals surface area contributed by atoms with E-state index >= 15 is 0 Å². The first-order valence-electron chi connectivity index (χ1n) is 3.59. The topological polar surface area (TPSA) is 47.6 Å². The smallest absolute Gasteiger partial charge is 0.436 e. The molecule has 0 spiro atoms. The van der Waals surface area contributed by atoms with Gasteiger partial charge in [0.25, 0.3) is 0 Å². The Bertz CT molecular complexity index is 343. The first-order chi connectivity index (χ1) is 6.63. The van der Waals surface area contributed by atoms with Crippen molar-refractivity contribution in [2.45, 2.75) is 0 Å². The van der Waals surface area contributed by atoms with Gasteiger partial charge >= 0.3 is 6.16 Å². The van der Waals surface area contributed by atoms with Gasteiger partial charge in [0, 0.05) is 6.07 Å². The lowest BCUT2D eigenvalue weighted by atomic mass is 10.3. The van der Waals surface area contributed by atoms with Crippen LogP contribution in [-0.2, 0) is 9.57 Å². The molecule has 0 aliphatic heterocycles. The van der Waals surface area contributed by atoms with Gasteiger partial charge in [-0.2, -0.15) is 0 Å². The lowest BCUT2D eigenvalue weighted by Crippen LogP contribution is -2.10. The second-order valence-corrected chi connectivity index (χ2v) is 2.28. The van der Waals surface area contributed by atoms with Crippen molar-refractivity contribution in [1.29, 1.82) is 0 Å². The summed E-state index contributed by atoms with van der Waals surface area (Å²) in [6.07, 6.45) is -1.02. The number of hydrogen-bond acceptors (Lipinski definition) is 4. The monoisotopic (exact) mass is 203 g/mol. The summed E-state index contributed by atoms with van der Waals surface area (Å²) in [7, 11) is 1.10. The summed E-state index contributed by atoms with van der Waals surface area (Å²) in [5.74, 6) is -1.58. The van der Waals surface area contributed by atoms with E-state index in [1.807, 2.05) is 5.48 Å². The minimum Gasteiger partial charge on any atom is -0.436 e. The third kappa shape index (κ3) is 2.58. The number of methoxy groups -OCH3 is 1. The molecule has 0 aliphatic rings. The molecule has 0 amide bonds. The van der Waals surface area contributed by atoms with Gasteiger partial charge in [0.2, 0.25) is 0 Å². The Hall–Kier alpha value is -1.85. The molecule has 6 heteroatoms. The van der Waals surface area contributed by atoms with E-state index in [0.717, 1.165) is 19.2 Å². The maximum absolute atomic E-state index is 12.9. The van der Waals surface area contributed by atoms with Gasteiger partial charge in [0.05, 0.1) is 7.11 Å². The quantitative estimate of drug-likeness (QED) is 0.590. The Labute approximate surface area is 78.4 Å². The van der Waals surface area contributed by atoms with Crippen molar-refractivity contribution < 1.29 is 23.1 Å². The number of hydrogen-bond donors (Lipinski definition) is 1. The SMILES string of the molecule is COC(=O)ONc1ccc(F)cc1F. The highest BCUT2D eigenvalue weighted by Crippen LogP contribution is 2.14. The molecule has 0 saturated carbocycles. The molecule has 0 heterocycles. The number of carbonyl (C=O) groups is 1. The predicted octanol–water partition coefficient (Wildman–Crippen LogP) is 2.07. The molecule has 0 aromatic heterocycles. The van der Waals surface area contributed by atoms with Crippen LogP contribution >= 0.6 is 0 Å². The summed E-state index contributed by atoms with van der Waals surface area (Å²) < 4.78 is 29.4. The average molecular weight is 203 g/mol. The highest BCUT2D eigenvalue weighted by molar-refractivity contribution is 5.61. The van der Waals surface area contributed by atoms with E-state index in [-0.39, 0.29) is 5.69 Å². The Balaban J connectivity index is 2.63. The number of ether oxygens (including phenoxy) is 1. The second-order valence-electron chi connectivity index (χ2n) is 2.28. The van der Waals surface area contributed by atoms with Crippen LogP contribution in [0.5, 0.6) is 0 Å². The summed E-state index contributed by atoms with van der Waals surface area (Å²) in [5.41, 5.74) is 1.82. The third-order valence-corrected chi connectivity index (χ3v) is 1.34. The molecule has 1 rings (SSSR count). The van der Waals surface area contributed by atoms with E-state index < -0.39 is 17.8 Å². The molecule has 14 heavy (non-hydrogen) atoms. The molecular weight excluding hydrogens is 196 g/mol. The molecule has 0 radical (unpaired) electrons. The first-order valence-corrected chi connectivity index (χ1v) is 3.59. The number of nitrogens with one attached hydrogen (secondary N) is 1. The van der Waals surface area contributed by atoms with Crippen LogP contribution in [0.25, 0.3) is 0 Å². The number of anilines is 1. The van der Waals surface area contributed by atoms with E-state index in [1.54, 1.807) is 0 Å². The van der Waals surface area contributed by atoms with Gasteiger partial charge in [-0.25, -0.2) is 19.1 Å². The van der Waals surface area contributed by atoms with E-state index in [4.69, 9.17) is 0 Å². The highest BCUT2D eigenvalue weighted by atomic mass is 19.1. The van der Waals surface area contributed by atoms with Gasteiger partial charge in [-0.1, -0.05) is 0 Å². The molecule has 0 fully saturated rings. The zero-order chi connectivity index (χ0) is 10.6. The molecule has 1 N–H and O–H groups in total. The predicted molar refractivity (Wildman–Crippen MR) is 43.5 cm³/mol. The fourth-order valence-electron chi connectivity index (χ4n) is 0.711. The third-order valence-electron chi connectivity index (χ3n) is 1.34. The molecule has 0 aliphatic carbocycles. The zero-order valence-corrected chi connectivity index (χ0v) is 7.21. The van der Waals surface area contributed by atoms with Crippen LogP contribution in [-0.4, -0.2) is 13.3 Å². The summed E-state index contributed by atoms with van der Waals surface area (Å²) in [6, 6.07) is 2.77. The van der Waals surface area contributed by atoms with Gasteiger partial charge in [-0.05, 0) is 12.1 Å². The van der Waals surface area contributed by atoms with E-state index in [2.05, 4.69) is 9.57 Å². The number of benzene rings is 1.